The van der Waals surface area contributed by atoms with Gasteiger partial charge in [-0.2, -0.15) is 5.26 Å². The minimum absolute atomic E-state index is 0.222. The van der Waals surface area contributed by atoms with Gasteiger partial charge < -0.3 is 9.47 Å². The van der Waals surface area contributed by atoms with Crippen molar-refractivity contribution in [1.82, 2.24) is 0 Å². The van der Waals surface area contributed by atoms with Gasteiger partial charge in [-0.15, -0.1) is 0 Å². The second-order valence-electron chi connectivity index (χ2n) is 16.4. The smallest absolute Gasteiger partial charge is 0.369 e. The summed E-state index contributed by atoms with van der Waals surface area (Å²) in [4.78, 5) is 14.1. The van der Waals surface area contributed by atoms with Gasteiger partial charge in [0.15, 0.2) is 0 Å². The Bertz CT molecular complexity index is 1440. The lowest BCUT2D eigenvalue weighted by Gasteiger charge is -2.40. The molecule has 10 aliphatic carbocycles. The summed E-state index contributed by atoms with van der Waals surface area (Å²) < 4.78 is 11.8. The summed E-state index contributed by atoms with van der Waals surface area (Å²) in [6, 6.07) is 6.11. The number of allylic oxidation sites excluding steroid dienone is 4. The minimum Gasteiger partial charge on any atom is -0.369 e. The molecule has 2 heterocycles. The van der Waals surface area contributed by atoms with Crippen LogP contribution in [0.3, 0.4) is 0 Å². The zero-order valence-corrected chi connectivity index (χ0v) is 25.1. The van der Waals surface area contributed by atoms with Gasteiger partial charge in [0.2, 0.25) is 0 Å². The van der Waals surface area contributed by atoms with Crippen LogP contribution in [-0.4, -0.2) is 35.6 Å². The summed E-state index contributed by atoms with van der Waals surface area (Å²) in [5.74, 6) is 16.0. The molecule has 8 bridgehead atoms. The zero-order chi connectivity index (χ0) is 28.3. The normalized spacial score (nSPS) is 58.6. The van der Waals surface area contributed by atoms with E-state index in [4.69, 9.17) is 26.3 Å². The number of epoxide rings is 2. The molecular weight excluding hydrogens is 560 g/mol. The third kappa shape index (κ3) is 3.34. The number of carbonyl (C=O) groups excluding carboxylic acids is 1. The quantitative estimate of drug-likeness (QED) is 0.124. The fraction of sp³-hybridized carbons (Fsp3) is 0.703. The van der Waals surface area contributed by atoms with E-state index in [1.165, 1.54) is 37.8 Å². The maximum absolute atomic E-state index is 10.6. The van der Waals surface area contributed by atoms with Crippen LogP contribution in [0.15, 0.2) is 48.6 Å². The number of rotatable bonds is 1. The summed E-state index contributed by atoms with van der Waals surface area (Å²) in [7, 11) is 0. The van der Waals surface area contributed by atoms with Crippen LogP contribution in [0.5, 0.6) is 0 Å². The highest BCUT2D eigenvalue weighted by Crippen LogP contribution is 2.77. The lowest BCUT2D eigenvalue weighted by Crippen LogP contribution is -2.40. The predicted octanol–water partition coefficient (Wildman–Crippen LogP) is 6.93. The van der Waals surface area contributed by atoms with Crippen molar-refractivity contribution < 1.29 is 24.4 Å². The molecule has 12 aliphatic rings. The van der Waals surface area contributed by atoms with Crippen molar-refractivity contribution in [2.45, 2.75) is 62.9 Å². The molecular formula is C37H41ClO5. The van der Waals surface area contributed by atoms with E-state index in [-0.39, 0.29) is 5.56 Å². The van der Waals surface area contributed by atoms with E-state index >= 15 is 0 Å². The molecule has 8 saturated carbocycles. The highest BCUT2D eigenvalue weighted by atomic mass is 35.5. The summed E-state index contributed by atoms with van der Waals surface area (Å²) in [5.41, 5.74) is 0.222. The number of fused-ring (bicyclic) bond motifs is 29. The Balaban J connectivity index is 0.0000000842. The summed E-state index contributed by atoms with van der Waals surface area (Å²) >= 11 is 5.56. The zero-order valence-electron chi connectivity index (χ0n) is 24.4. The van der Waals surface area contributed by atoms with Crippen LogP contribution in [0, 0.1) is 94.7 Å². The maximum atomic E-state index is 10.6. The monoisotopic (exact) mass is 600 g/mol. The van der Waals surface area contributed by atoms with Gasteiger partial charge in [0.1, 0.15) is 0 Å². The van der Waals surface area contributed by atoms with E-state index < -0.39 is 5.97 Å². The number of hydrogen-bond acceptors (Lipinski definition) is 5. The van der Waals surface area contributed by atoms with E-state index in [0.717, 1.165) is 107 Å². The number of carbonyl (C=O) groups is 1. The first kappa shape index (κ1) is 25.5. The molecule has 0 spiro atoms. The van der Waals surface area contributed by atoms with E-state index in [0.29, 0.717) is 17.2 Å². The van der Waals surface area contributed by atoms with Crippen LogP contribution in [-0.2, 0) is 14.4 Å². The van der Waals surface area contributed by atoms with Crippen LogP contribution in [0.25, 0.3) is 0 Å². The van der Waals surface area contributed by atoms with Crippen molar-refractivity contribution in [3.8, 4) is 0 Å². The largest absolute Gasteiger partial charge is 0.372 e. The average molecular weight is 601 g/mol. The molecule has 20 atom stereocenters. The number of halogens is 1. The molecule has 1 aromatic rings. The number of benzene rings is 1. The number of hydrogen-bond donors (Lipinski definition) is 1. The molecule has 1 N–H and O–H groups in total. The molecule has 226 valence electrons. The molecule has 2 aliphatic heterocycles. The second-order valence-corrected chi connectivity index (χ2v) is 16.9. The highest BCUT2D eigenvalue weighted by Gasteiger charge is 2.78. The van der Waals surface area contributed by atoms with E-state index in [1.807, 2.05) is 0 Å². The molecule has 0 amide bonds. The summed E-state index contributed by atoms with van der Waals surface area (Å²) in [6.07, 6.45) is 22.1. The lowest BCUT2D eigenvalue weighted by molar-refractivity contribution is -0.182. The lowest BCUT2D eigenvalue weighted by atomic mass is 9.64. The molecule has 43 heavy (non-hydrogen) atoms. The Hall–Kier alpha value is -1.66. The van der Waals surface area contributed by atoms with E-state index in [9.17, 15) is 4.79 Å². The van der Waals surface area contributed by atoms with Crippen LogP contribution in [0.2, 0.25) is 5.02 Å². The number of ether oxygens (including phenoxy) is 2. The Kier molecular flexibility index (Phi) is 5.21. The van der Waals surface area contributed by atoms with Crippen LogP contribution in [0.1, 0.15) is 48.9 Å². The van der Waals surface area contributed by atoms with Gasteiger partial charge in [0.05, 0.1) is 30.0 Å². The van der Waals surface area contributed by atoms with Gasteiger partial charge in [0.25, 0.3) is 0 Å². The van der Waals surface area contributed by atoms with Gasteiger partial charge in [0, 0.05) is 5.02 Å². The average Bonchev–Trinajstić information content (AvgIpc) is 3.66. The highest BCUT2D eigenvalue weighted by molar-refractivity contribution is 6.30. The molecule has 6 heteroatoms. The fourth-order valence-electron chi connectivity index (χ4n) is 14.7. The Morgan fingerprint density at radius 1 is 0.721 bits per heavy atom. The first-order valence-corrected chi connectivity index (χ1v) is 17.7. The maximum Gasteiger partial charge on any atom is 0.372 e. The second kappa shape index (κ2) is 8.78. The van der Waals surface area contributed by atoms with Crippen LogP contribution in [0.4, 0.5) is 0 Å². The van der Waals surface area contributed by atoms with Crippen molar-refractivity contribution in [1.29, 1.82) is 0 Å². The van der Waals surface area contributed by atoms with Crippen molar-refractivity contribution in [2.24, 2.45) is 94.7 Å². The summed E-state index contributed by atoms with van der Waals surface area (Å²) in [5, 5.41) is 8.41. The SMILES string of the molecule is C1=CC2C(C1)C1CC2C2C3C=CC(C3)C12.C1C2OC2C2C1C1CC2C2C3CC(C4OC34)C12.O=C(OO)c1cccc(Cl)c1. The van der Waals surface area contributed by atoms with E-state index in [2.05, 4.69) is 29.2 Å². The molecule has 1 aromatic carbocycles. The third-order valence-electron chi connectivity index (χ3n) is 15.5. The first-order valence-electron chi connectivity index (χ1n) is 17.4. The van der Waals surface area contributed by atoms with E-state index in [1.54, 1.807) is 25.0 Å². The van der Waals surface area contributed by atoms with Gasteiger partial charge in [-0.1, -0.05) is 42.0 Å². The molecule has 5 nitrogen and oxygen atoms in total. The van der Waals surface area contributed by atoms with Crippen molar-refractivity contribution in [2.75, 3.05) is 0 Å². The standard InChI is InChI=1S/C15H18O2.C15H18.C7H5ClO3/c1-4-5-3-9-15(16-9)12(5)6(1)11-8-2-7(10(4)11)13-14(8)17-13;1-2-10-11(3-1)13-7-12(10)14-8-4-5-9(6-8)15(13)14;8-6-3-1-2-5(4-6)7(9)11-10/h4-15H,1-3H2;1-2,4-5,8-15H,3,6-7H2;1-4,10H. The molecule has 13 rings (SSSR count). The van der Waals surface area contributed by atoms with Crippen molar-refractivity contribution >= 4 is 17.6 Å². The molecule has 10 fully saturated rings. The van der Waals surface area contributed by atoms with Gasteiger partial charge in [-0.3, -0.25) is 4.89 Å². The molecule has 0 aromatic heterocycles. The molecule has 20 unspecified atom stereocenters. The van der Waals surface area contributed by atoms with Crippen molar-refractivity contribution in [3.05, 3.63) is 59.2 Å². The summed E-state index contributed by atoms with van der Waals surface area (Å²) in [6.45, 7) is 0. The topological polar surface area (TPSA) is 71.6 Å². The third-order valence-corrected chi connectivity index (χ3v) is 15.8. The van der Waals surface area contributed by atoms with Gasteiger partial charge in [-0.05, 0) is 151 Å². The van der Waals surface area contributed by atoms with Gasteiger partial charge >= 0.3 is 5.97 Å². The first-order chi connectivity index (χ1) is 21.1. The molecule has 2 saturated heterocycles. The molecule has 0 radical (unpaired) electrons. The van der Waals surface area contributed by atoms with Gasteiger partial charge in [-0.25, -0.2) is 4.79 Å². The van der Waals surface area contributed by atoms with Crippen LogP contribution >= 0.6 is 11.6 Å². The van der Waals surface area contributed by atoms with Crippen molar-refractivity contribution in [3.63, 3.8) is 0 Å². The fourth-order valence-corrected chi connectivity index (χ4v) is 14.9. The Labute approximate surface area is 258 Å². The minimum atomic E-state index is -0.813. The predicted molar refractivity (Wildman–Crippen MR) is 159 cm³/mol. The Morgan fingerprint density at radius 3 is 2.21 bits per heavy atom. The Morgan fingerprint density at radius 2 is 1.42 bits per heavy atom. The van der Waals surface area contributed by atoms with Crippen LogP contribution < -0.4 is 0 Å².